The summed E-state index contributed by atoms with van der Waals surface area (Å²) in [6.45, 7) is 1.55. The van der Waals surface area contributed by atoms with Crippen LogP contribution in [0, 0.1) is 0 Å². The number of nitrogens with one attached hydrogen (secondary N) is 2. The third-order valence-corrected chi connectivity index (χ3v) is 2.25. The van der Waals surface area contributed by atoms with Gasteiger partial charge in [0.25, 0.3) is 0 Å². The molecule has 0 unspecified atom stereocenters. The van der Waals surface area contributed by atoms with Crippen molar-refractivity contribution in [3.8, 4) is 0 Å². The van der Waals surface area contributed by atoms with Gasteiger partial charge in [0.1, 0.15) is 5.82 Å². The fourth-order valence-corrected chi connectivity index (χ4v) is 1.40. The first-order valence-electron chi connectivity index (χ1n) is 5.57. The van der Waals surface area contributed by atoms with Gasteiger partial charge in [0.15, 0.2) is 0 Å². The number of hydrogen-bond acceptors (Lipinski definition) is 5. The highest BCUT2D eigenvalue weighted by molar-refractivity contribution is 5.30. The van der Waals surface area contributed by atoms with E-state index < -0.39 is 0 Å². The van der Waals surface area contributed by atoms with Gasteiger partial charge < -0.3 is 5.32 Å². The second-order valence-electron chi connectivity index (χ2n) is 3.53. The maximum absolute atomic E-state index is 4.25. The molecule has 0 aliphatic rings. The summed E-state index contributed by atoms with van der Waals surface area (Å²) in [5.74, 6) is 0.776. The lowest BCUT2D eigenvalue weighted by atomic mass is 10.3. The molecule has 0 bridgehead atoms. The highest BCUT2D eigenvalue weighted by Gasteiger charge is 1.93. The summed E-state index contributed by atoms with van der Waals surface area (Å²) in [5, 5.41) is 14.1. The molecule has 0 atom stereocenters. The molecule has 0 fully saturated rings. The lowest BCUT2D eigenvalue weighted by Crippen LogP contribution is -2.24. The lowest BCUT2D eigenvalue weighted by Gasteiger charge is -2.06. The molecule has 0 saturated heterocycles. The maximum Gasteiger partial charge on any atom is 0.149 e. The van der Waals surface area contributed by atoms with Gasteiger partial charge in [-0.1, -0.05) is 6.07 Å². The summed E-state index contributed by atoms with van der Waals surface area (Å²) in [4.78, 5) is 4.25. The summed E-state index contributed by atoms with van der Waals surface area (Å²) in [6.07, 6.45) is 4.38. The van der Waals surface area contributed by atoms with Crippen LogP contribution >= 0.6 is 0 Å². The van der Waals surface area contributed by atoms with Crippen LogP contribution in [0.2, 0.25) is 0 Å². The van der Waals surface area contributed by atoms with Crippen molar-refractivity contribution in [3.05, 3.63) is 48.4 Å². The molecule has 0 aliphatic carbocycles. The molecule has 5 nitrogen and oxygen atoms in total. The zero-order valence-corrected chi connectivity index (χ0v) is 9.50. The van der Waals surface area contributed by atoms with Crippen LogP contribution < -0.4 is 10.6 Å². The molecule has 2 aromatic heterocycles. The zero-order chi connectivity index (χ0) is 11.8. The Morgan fingerprint density at radius 2 is 2.06 bits per heavy atom. The van der Waals surface area contributed by atoms with E-state index in [1.54, 1.807) is 6.20 Å². The number of aromatic nitrogens is 3. The number of pyridine rings is 1. The highest BCUT2D eigenvalue weighted by atomic mass is 15.2. The quantitative estimate of drug-likeness (QED) is 0.573. The Labute approximate surface area is 100 Å². The molecule has 0 radical (unpaired) electrons. The molecule has 2 aromatic rings. The van der Waals surface area contributed by atoms with Gasteiger partial charge in [-0.3, -0.25) is 10.3 Å². The lowest BCUT2D eigenvalue weighted by molar-refractivity contribution is 0.711. The van der Waals surface area contributed by atoms with Crippen LogP contribution in [-0.4, -0.2) is 28.4 Å². The van der Waals surface area contributed by atoms with Crippen molar-refractivity contribution in [2.75, 3.05) is 18.5 Å². The number of nitrogens with zero attached hydrogens (tertiary/aromatic N) is 3. The molecule has 0 aliphatic heterocycles. The van der Waals surface area contributed by atoms with E-state index >= 15 is 0 Å². The number of rotatable bonds is 6. The Kier molecular flexibility index (Phi) is 4.42. The van der Waals surface area contributed by atoms with Gasteiger partial charge in [-0.25, -0.2) is 0 Å². The van der Waals surface area contributed by atoms with Crippen molar-refractivity contribution in [1.29, 1.82) is 0 Å². The Balaban J connectivity index is 1.61. The second-order valence-corrected chi connectivity index (χ2v) is 3.53. The van der Waals surface area contributed by atoms with E-state index in [1.807, 2.05) is 36.5 Å². The van der Waals surface area contributed by atoms with E-state index in [-0.39, 0.29) is 0 Å². The first-order chi connectivity index (χ1) is 8.45. The standard InChI is InChI=1S/C12H15N5/c1-2-7-14-11(4-1)6-9-13-10-15-12-5-3-8-16-17-12/h1-5,7-8,13H,6,9-10H2,(H,15,17). The molecule has 0 aromatic carbocycles. The topological polar surface area (TPSA) is 62.7 Å². The summed E-state index contributed by atoms with van der Waals surface area (Å²) >= 11 is 0. The fourth-order valence-electron chi connectivity index (χ4n) is 1.40. The molecular formula is C12H15N5. The molecule has 5 heteroatoms. The average Bonchev–Trinajstić information content (AvgIpc) is 2.41. The van der Waals surface area contributed by atoms with Crippen LogP contribution in [0.1, 0.15) is 5.69 Å². The van der Waals surface area contributed by atoms with Crippen LogP contribution in [0.5, 0.6) is 0 Å². The van der Waals surface area contributed by atoms with Crippen molar-refractivity contribution in [1.82, 2.24) is 20.5 Å². The van der Waals surface area contributed by atoms with E-state index in [0.717, 1.165) is 24.5 Å². The van der Waals surface area contributed by atoms with Gasteiger partial charge in [-0.2, -0.15) is 5.10 Å². The van der Waals surface area contributed by atoms with Crippen molar-refractivity contribution in [2.45, 2.75) is 6.42 Å². The van der Waals surface area contributed by atoms with Crippen molar-refractivity contribution in [2.24, 2.45) is 0 Å². The van der Waals surface area contributed by atoms with Crippen molar-refractivity contribution >= 4 is 5.82 Å². The second kappa shape index (κ2) is 6.55. The van der Waals surface area contributed by atoms with E-state index in [2.05, 4.69) is 25.8 Å². The Hall–Kier alpha value is -2.01. The smallest absolute Gasteiger partial charge is 0.149 e. The Morgan fingerprint density at radius 1 is 1.06 bits per heavy atom. The third-order valence-electron chi connectivity index (χ3n) is 2.25. The van der Waals surface area contributed by atoms with Crippen LogP contribution in [0.15, 0.2) is 42.7 Å². The van der Waals surface area contributed by atoms with E-state index in [4.69, 9.17) is 0 Å². The minimum absolute atomic E-state index is 0.672. The van der Waals surface area contributed by atoms with Gasteiger partial charge >= 0.3 is 0 Å². The largest absolute Gasteiger partial charge is 0.356 e. The summed E-state index contributed by atoms with van der Waals surface area (Å²) in [7, 11) is 0. The minimum Gasteiger partial charge on any atom is -0.356 e. The van der Waals surface area contributed by atoms with Gasteiger partial charge in [0.2, 0.25) is 0 Å². The van der Waals surface area contributed by atoms with E-state index in [9.17, 15) is 0 Å². The van der Waals surface area contributed by atoms with Gasteiger partial charge in [-0.15, -0.1) is 5.10 Å². The fraction of sp³-hybridized carbons (Fsp3) is 0.250. The monoisotopic (exact) mass is 229 g/mol. The van der Waals surface area contributed by atoms with Crippen LogP contribution in [0.4, 0.5) is 5.82 Å². The molecule has 88 valence electrons. The molecule has 0 spiro atoms. The maximum atomic E-state index is 4.25. The van der Waals surface area contributed by atoms with Crippen molar-refractivity contribution < 1.29 is 0 Å². The molecule has 2 N–H and O–H groups in total. The van der Waals surface area contributed by atoms with Gasteiger partial charge in [-0.05, 0) is 24.3 Å². The Morgan fingerprint density at radius 3 is 2.82 bits per heavy atom. The van der Waals surface area contributed by atoms with Gasteiger partial charge in [0, 0.05) is 31.1 Å². The van der Waals surface area contributed by atoms with Crippen LogP contribution in [-0.2, 0) is 6.42 Å². The minimum atomic E-state index is 0.672. The first-order valence-corrected chi connectivity index (χ1v) is 5.57. The highest BCUT2D eigenvalue weighted by Crippen LogP contribution is 1.96. The van der Waals surface area contributed by atoms with E-state index in [0.29, 0.717) is 6.67 Å². The molecule has 2 heterocycles. The normalized spacial score (nSPS) is 10.1. The predicted molar refractivity (Wildman–Crippen MR) is 66.5 cm³/mol. The van der Waals surface area contributed by atoms with Gasteiger partial charge in [0.05, 0.1) is 6.67 Å². The number of hydrogen-bond donors (Lipinski definition) is 2. The first kappa shape index (κ1) is 11.5. The summed E-state index contributed by atoms with van der Waals surface area (Å²) in [5.41, 5.74) is 1.10. The van der Waals surface area contributed by atoms with E-state index in [1.165, 1.54) is 0 Å². The number of anilines is 1. The van der Waals surface area contributed by atoms with Crippen LogP contribution in [0.25, 0.3) is 0 Å². The molecule has 2 rings (SSSR count). The SMILES string of the molecule is c1ccc(CCNCNc2cccnn2)nc1. The molecular weight excluding hydrogens is 214 g/mol. The van der Waals surface area contributed by atoms with Crippen LogP contribution in [0.3, 0.4) is 0 Å². The molecule has 0 amide bonds. The molecule has 0 saturated carbocycles. The third kappa shape index (κ3) is 4.16. The summed E-state index contributed by atoms with van der Waals surface area (Å²) in [6, 6.07) is 9.68. The average molecular weight is 229 g/mol. The summed E-state index contributed by atoms with van der Waals surface area (Å²) < 4.78 is 0. The predicted octanol–water partition coefficient (Wildman–Crippen LogP) is 1.07. The zero-order valence-electron chi connectivity index (χ0n) is 9.50. The van der Waals surface area contributed by atoms with Crippen molar-refractivity contribution in [3.63, 3.8) is 0 Å². The molecule has 17 heavy (non-hydrogen) atoms. The Bertz CT molecular complexity index is 376.